The highest BCUT2D eigenvalue weighted by molar-refractivity contribution is 7.17. The Labute approximate surface area is 141 Å². The molecule has 2 N–H and O–H groups in total. The highest BCUT2D eigenvalue weighted by atomic mass is 32.1. The van der Waals surface area contributed by atoms with Gasteiger partial charge in [-0.05, 0) is 47.2 Å². The van der Waals surface area contributed by atoms with Crippen LogP contribution >= 0.6 is 11.3 Å². The first-order valence-corrected chi connectivity index (χ1v) is 8.17. The Morgan fingerprint density at radius 2 is 1.96 bits per heavy atom. The number of nitrogens with one attached hydrogen (secondary N) is 2. The fourth-order valence-electron chi connectivity index (χ4n) is 2.58. The Balaban J connectivity index is 1.67. The number of aromatic amines is 1. The number of aromatic nitrogens is 2. The quantitative estimate of drug-likeness (QED) is 0.570. The van der Waals surface area contributed by atoms with E-state index in [9.17, 15) is 9.18 Å². The zero-order valence-electron chi connectivity index (χ0n) is 12.4. The van der Waals surface area contributed by atoms with Crippen LogP contribution in [-0.2, 0) is 0 Å². The summed E-state index contributed by atoms with van der Waals surface area (Å²) in [6.07, 6.45) is 1.47. The fraction of sp³-hybridized carbons (Fsp3) is 0. The standard InChI is InChI=1S/C18H12FN3OS/c19-13-6-4-11(5-7-13)16-14(10-20-22-16)18(23)21-15-3-1-2-12-8-9-24-17(12)15/h1-10H,(H,20,22)(H,21,23). The molecule has 4 aromatic rings. The van der Waals surface area contributed by atoms with Crippen LogP contribution in [0.5, 0.6) is 0 Å². The molecule has 0 aliphatic heterocycles. The molecule has 2 aromatic carbocycles. The van der Waals surface area contributed by atoms with E-state index in [0.29, 0.717) is 16.8 Å². The van der Waals surface area contributed by atoms with Crippen LogP contribution in [0.2, 0.25) is 0 Å². The SMILES string of the molecule is O=C(Nc1cccc2ccsc12)c1cn[nH]c1-c1ccc(F)cc1. The molecular formula is C18H12FN3OS. The van der Waals surface area contributed by atoms with E-state index in [2.05, 4.69) is 15.5 Å². The monoisotopic (exact) mass is 337 g/mol. The molecule has 0 atom stereocenters. The van der Waals surface area contributed by atoms with Crippen LogP contribution in [0.4, 0.5) is 10.1 Å². The van der Waals surface area contributed by atoms with Gasteiger partial charge < -0.3 is 5.32 Å². The predicted molar refractivity (Wildman–Crippen MR) is 93.8 cm³/mol. The van der Waals surface area contributed by atoms with Gasteiger partial charge in [-0.25, -0.2) is 4.39 Å². The summed E-state index contributed by atoms with van der Waals surface area (Å²) in [6, 6.07) is 13.7. The van der Waals surface area contributed by atoms with Crippen molar-refractivity contribution in [3.05, 3.63) is 71.5 Å². The molecule has 118 valence electrons. The number of nitrogens with zero attached hydrogens (tertiary/aromatic N) is 1. The maximum atomic E-state index is 13.1. The van der Waals surface area contributed by atoms with Gasteiger partial charge in [0.05, 0.1) is 27.8 Å². The number of rotatable bonds is 3. The molecule has 1 amide bonds. The summed E-state index contributed by atoms with van der Waals surface area (Å²) in [5.74, 6) is -0.586. The molecule has 0 aliphatic carbocycles. The van der Waals surface area contributed by atoms with Gasteiger partial charge in [-0.1, -0.05) is 12.1 Å². The van der Waals surface area contributed by atoms with Gasteiger partial charge in [0.15, 0.2) is 0 Å². The number of carbonyl (C=O) groups is 1. The Hall–Kier alpha value is -2.99. The molecule has 0 saturated carbocycles. The highest BCUT2D eigenvalue weighted by Gasteiger charge is 2.16. The molecule has 2 aromatic heterocycles. The van der Waals surface area contributed by atoms with Crippen molar-refractivity contribution in [2.75, 3.05) is 5.32 Å². The smallest absolute Gasteiger partial charge is 0.259 e. The lowest BCUT2D eigenvalue weighted by Crippen LogP contribution is -2.12. The van der Waals surface area contributed by atoms with E-state index in [1.54, 1.807) is 23.5 Å². The molecule has 0 spiro atoms. The number of H-pyrrole nitrogens is 1. The zero-order valence-corrected chi connectivity index (χ0v) is 13.2. The summed E-state index contributed by atoms with van der Waals surface area (Å²) in [6.45, 7) is 0. The predicted octanol–water partition coefficient (Wildman–Crippen LogP) is 4.68. The first kappa shape index (κ1) is 14.6. The van der Waals surface area contributed by atoms with Crippen molar-refractivity contribution in [1.29, 1.82) is 0 Å². The second kappa shape index (κ2) is 5.90. The van der Waals surface area contributed by atoms with Crippen molar-refractivity contribution in [1.82, 2.24) is 10.2 Å². The number of benzene rings is 2. The van der Waals surface area contributed by atoms with Gasteiger partial charge in [0.1, 0.15) is 5.82 Å². The highest BCUT2D eigenvalue weighted by Crippen LogP contribution is 2.29. The summed E-state index contributed by atoms with van der Waals surface area (Å²) in [7, 11) is 0. The average molecular weight is 337 g/mol. The molecule has 0 saturated heterocycles. The third-order valence-electron chi connectivity index (χ3n) is 3.74. The minimum atomic E-state index is -0.325. The summed E-state index contributed by atoms with van der Waals surface area (Å²) in [4.78, 5) is 12.7. The molecule has 4 rings (SSSR count). The summed E-state index contributed by atoms with van der Waals surface area (Å²) in [5, 5.41) is 12.8. The minimum absolute atomic E-state index is 0.260. The van der Waals surface area contributed by atoms with Crippen LogP contribution in [0.15, 0.2) is 60.1 Å². The van der Waals surface area contributed by atoms with Gasteiger partial charge in [-0.2, -0.15) is 5.10 Å². The van der Waals surface area contributed by atoms with Gasteiger partial charge in [0.2, 0.25) is 0 Å². The van der Waals surface area contributed by atoms with Gasteiger partial charge in [0, 0.05) is 5.56 Å². The van der Waals surface area contributed by atoms with Crippen molar-refractivity contribution in [2.45, 2.75) is 0 Å². The van der Waals surface area contributed by atoms with E-state index in [-0.39, 0.29) is 11.7 Å². The first-order chi connectivity index (χ1) is 11.7. The topological polar surface area (TPSA) is 57.8 Å². The summed E-state index contributed by atoms with van der Waals surface area (Å²) < 4.78 is 14.1. The Morgan fingerprint density at radius 3 is 2.79 bits per heavy atom. The summed E-state index contributed by atoms with van der Waals surface area (Å²) >= 11 is 1.58. The molecule has 4 nitrogen and oxygen atoms in total. The van der Waals surface area contributed by atoms with E-state index in [1.807, 2.05) is 29.6 Å². The average Bonchev–Trinajstić information content (AvgIpc) is 3.25. The van der Waals surface area contributed by atoms with Gasteiger partial charge >= 0.3 is 0 Å². The van der Waals surface area contributed by atoms with Crippen LogP contribution in [0.25, 0.3) is 21.3 Å². The fourth-order valence-corrected chi connectivity index (χ4v) is 3.44. The van der Waals surface area contributed by atoms with E-state index in [1.165, 1.54) is 18.3 Å². The van der Waals surface area contributed by atoms with Crippen LogP contribution < -0.4 is 5.32 Å². The van der Waals surface area contributed by atoms with Crippen LogP contribution in [0, 0.1) is 5.82 Å². The van der Waals surface area contributed by atoms with Crippen molar-refractivity contribution >= 4 is 33.0 Å². The normalized spacial score (nSPS) is 10.9. The van der Waals surface area contributed by atoms with Crippen molar-refractivity contribution < 1.29 is 9.18 Å². The molecule has 0 unspecified atom stereocenters. The Bertz CT molecular complexity index is 1020. The number of fused-ring (bicyclic) bond motifs is 1. The molecule has 0 fully saturated rings. The number of anilines is 1. The van der Waals surface area contributed by atoms with E-state index < -0.39 is 0 Å². The maximum Gasteiger partial charge on any atom is 0.259 e. The number of amides is 1. The van der Waals surface area contributed by atoms with Gasteiger partial charge in [-0.3, -0.25) is 9.89 Å². The van der Waals surface area contributed by atoms with Crippen molar-refractivity contribution in [3.8, 4) is 11.3 Å². The van der Waals surface area contributed by atoms with Gasteiger partial charge in [-0.15, -0.1) is 11.3 Å². The molecule has 24 heavy (non-hydrogen) atoms. The third kappa shape index (κ3) is 2.57. The largest absolute Gasteiger partial charge is 0.321 e. The number of carbonyl (C=O) groups excluding carboxylic acids is 1. The number of thiophene rings is 1. The Kier molecular flexibility index (Phi) is 3.59. The summed E-state index contributed by atoms with van der Waals surface area (Å²) in [5.41, 5.74) is 2.44. The third-order valence-corrected chi connectivity index (χ3v) is 4.71. The minimum Gasteiger partial charge on any atom is -0.321 e. The van der Waals surface area contributed by atoms with Crippen LogP contribution in [-0.4, -0.2) is 16.1 Å². The van der Waals surface area contributed by atoms with E-state index in [0.717, 1.165) is 15.8 Å². The van der Waals surface area contributed by atoms with E-state index >= 15 is 0 Å². The lowest BCUT2D eigenvalue weighted by atomic mass is 10.1. The van der Waals surface area contributed by atoms with Crippen molar-refractivity contribution in [2.24, 2.45) is 0 Å². The number of hydrogen-bond donors (Lipinski definition) is 2. The van der Waals surface area contributed by atoms with Gasteiger partial charge in [0.25, 0.3) is 5.91 Å². The first-order valence-electron chi connectivity index (χ1n) is 7.29. The zero-order chi connectivity index (χ0) is 16.5. The molecule has 0 radical (unpaired) electrons. The van der Waals surface area contributed by atoms with Crippen LogP contribution in [0.3, 0.4) is 0 Å². The van der Waals surface area contributed by atoms with E-state index in [4.69, 9.17) is 0 Å². The van der Waals surface area contributed by atoms with Crippen molar-refractivity contribution in [3.63, 3.8) is 0 Å². The Morgan fingerprint density at radius 1 is 1.12 bits per heavy atom. The lowest BCUT2D eigenvalue weighted by molar-refractivity contribution is 0.102. The lowest BCUT2D eigenvalue weighted by Gasteiger charge is -2.07. The number of halogens is 1. The van der Waals surface area contributed by atoms with Crippen LogP contribution in [0.1, 0.15) is 10.4 Å². The molecule has 6 heteroatoms. The molecular weight excluding hydrogens is 325 g/mol. The maximum absolute atomic E-state index is 13.1. The second-order valence-corrected chi connectivity index (χ2v) is 6.18. The number of hydrogen-bond acceptors (Lipinski definition) is 3. The molecule has 0 aliphatic rings. The second-order valence-electron chi connectivity index (χ2n) is 5.26. The molecule has 2 heterocycles. The molecule has 0 bridgehead atoms.